The number of carbonyl (C=O) groups excluding carboxylic acids is 2. The van der Waals surface area contributed by atoms with E-state index in [0.29, 0.717) is 19.3 Å². The van der Waals surface area contributed by atoms with Gasteiger partial charge in [-0.25, -0.2) is 4.57 Å². The fourth-order valence-corrected chi connectivity index (χ4v) is 6.28. The van der Waals surface area contributed by atoms with E-state index in [1.54, 1.807) is 0 Å². The van der Waals surface area contributed by atoms with Gasteiger partial charge in [-0.15, -0.1) is 0 Å². The smallest absolute Gasteiger partial charge is 0.472 e. The second-order valence-corrected chi connectivity index (χ2v) is 15.6. The van der Waals surface area contributed by atoms with Gasteiger partial charge in [-0.2, -0.15) is 0 Å². The van der Waals surface area contributed by atoms with Crippen LogP contribution in [0.2, 0.25) is 0 Å². The molecule has 316 valence electrons. The van der Waals surface area contributed by atoms with Gasteiger partial charge in [0.1, 0.15) is 12.6 Å². The first-order valence-corrected chi connectivity index (χ1v) is 22.3. The van der Waals surface area contributed by atoms with Crippen molar-refractivity contribution in [3.05, 3.63) is 48.6 Å². The summed E-state index contributed by atoms with van der Waals surface area (Å²) in [7, 11) is -4.74. The number of phosphoric acid groups is 1. The van der Waals surface area contributed by atoms with Crippen LogP contribution in [-0.2, 0) is 42.2 Å². The highest BCUT2D eigenvalue weighted by atomic mass is 31.2. The molecular formula is C42H72NO11P. The number of ether oxygens (including phenoxy) is 3. The Labute approximate surface area is 330 Å². The number of carboxylic acids is 1. The number of phosphoric ester groups is 1. The molecule has 1 fully saturated rings. The van der Waals surface area contributed by atoms with E-state index >= 15 is 0 Å². The summed E-state index contributed by atoms with van der Waals surface area (Å²) in [6, 6.07) is -1.53. The van der Waals surface area contributed by atoms with Crippen LogP contribution in [0.5, 0.6) is 0 Å². The molecule has 55 heavy (non-hydrogen) atoms. The lowest BCUT2D eigenvalue weighted by Gasteiger charge is -2.20. The molecule has 0 radical (unpaired) electrons. The molecule has 0 aliphatic carbocycles. The van der Waals surface area contributed by atoms with Gasteiger partial charge < -0.3 is 29.9 Å². The first-order valence-electron chi connectivity index (χ1n) is 20.8. The zero-order chi connectivity index (χ0) is 40.4. The summed E-state index contributed by atoms with van der Waals surface area (Å²) in [6.07, 6.45) is 37.8. The molecular weight excluding hydrogens is 725 g/mol. The van der Waals surface area contributed by atoms with Gasteiger partial charge in [0.2, 0.25) is 0 Å². The van der Waals surface area contributed by atoms with Crippen molar-refractivity contribution in [3.63, 3.8) is 0 Å². The number of hydrogen-bond donors (Lipinski definition) is 3. The molecule has 0 aromatic carbocycles. The van der Waals surface area contributed by atoms with Gasteiger partial charge in [0.05, 0.1) is 25.4 Å². The topological polar surface area (TPSA) is 184 Å². The minimum atomic E-state index is -4.74. The summed E-state index contributed by atoms with van der Waals surface area (Å²) < 4.78 is 38.3. The van der Waals surface area contributed by atoms with Crippen molar-refractivity contribution in [3.8, 4) is 0 Å². The van der Waals surface area contributed by atoms with Crippen LogP contribution in [0.15, 0.2) is 48.6 Å². The lowest BCUT2D eigenvalue weighted by atomic mass is 10.1. The van der Waals surface area contributed by atoms with Crippen LogP contribution >= 0.6 is 7.82 Å². The summed E-state index contributed by atoms with van der Waals surface area (Å²) >= 11 is 0. The number of hydrogen-bond acceptors (Lipinski definition) is 10. The van der Waals surface area contributed by atoms with Crippen molar-refractivity contribution >= 4 is 25.7 Å². The highest BCUT2D eigenvalue weighted by molar-refractivity contribution is 7.47. The van der Waals surface area contributed by atoms with Crippen LogP contribution in [-0.4, -0.2) is 72.1 Å². The van der Waals surface area contributed by atoms with E-state index in [4.69, 9.17) is 29.6 Å². The average Bonchev–Trinajstić information content (AvgIpc) is 3.92. The van der Waals surface area contributed by atoms with Gasteiger partial charge in [-0.05, 0) is 77.0 Å². The molecule has 1 aliphatic heterocycles. The summed E-state index contributed by atoms with van der Waals surface area (Å²) in [4.78, 5) is 45.9. The molecule has 12 nitrogen and oxygen atoms in total. The summed E-state index contributed by atoms with van der Waals surface area (Å²) in [5, 5.41) is 8.88. The quantitative estimate of drug-likeness (QED) is 0.0178. The van der Waals surface area contributed by atoms with Crippen molar-refractivity contribution in [1.82, 2.24) is 0 Å². The van der Waals surface area contributed by atoms with Crippen LogP contribution in [0.4, 0.5) is 0 Å². The number of aliphatic carboxylic acids is 1. The van der Waals surface area contributed by atoms with Gasteiger partial charge in [-0.3, -0.25) is 23.4 Å². The Balaban J connectivity index is 2.37. The number of allylic oxidation sites excluding steroid dienone is 6. The molecule has 0 spiro atoms. The zero-order valence-electron chi connectivity index (χ0n) is 33.7. The molecule has 0 amide bonds. The second kappa shape index (κ2) is 33.5. The second-order valence-electron chi connectivity index (χ2n) is 14.1. The molecule has 0 saturated carbocycles. The fourth-order valence-electron chi connectivity index (χ4n) is 5.50. The lowest BCUT2D eigenvalue weighted by Crippen LogP contribution is -2.34. The Morgan fingerprint density at radius 3 is 1.82 bits per heavy atom. The van der Waals surface area contributed by atoms with Crippen LogP contribution in [0.25, 0.3) is 0 Å². The van der Waals surface area contributed by atoms with Crippen molar-refractivity contribution in [2.24, 2.45) is 5.73 Å². The molecule has 4 N–H and O–H groups in total. The third kappa shape index (κ3) is 31.2. The Morgan fingerprint density at radius 2 is 1.15 bits per heavy atom. The minimum absolute atomic E-state index is 0.0741. The third-order valence-corrected chi connectivity index (χ3v) is 9.90. The molecule has 0 aromatic rings. The van der Waals surface area contributed by atoms with Crippen molar-refractivity contribution in [1.29, 1.82) is 0 Å². The van der Waals surface area contributed by atoms with Gasteiger partial charge in [0.25, 0.3) is 0 Å². The average molecular weight is 798 g/mol. The number of unbranched alkanes of at least 4 members (excludes halogenated alkanes) is 13. The Hall–Kier alpha value is -2.60. The zero-order valence-corrected chi connectivity index (χ0v) is 34.6. The van der Waals surface area contributed by atoms with Crippen molar-refractivity contribution in [2.75, 3.05) is 19.8 Å². The van der Waals surface area contributed by atoms with Gasteiger partial charge in [0.15, 0.2) is 6.10 Å². The van der Waals surface area contributed by atoms with Gasteiger partial charge >= 0.3 is 25.7 Å². The number of rotatable bonds is 37. The fraction of sp³-hybridized carbons (Fsp3) is 0.738. The highest BCUT2D eigenvalue weighted by Crippen LogP contribution is 2.43. The van der Waals surface area contributed by atoms with Crippen LogP contribution < -0.4 is 5.73 Å². The number of nitrogens with two attached hydrogens (primary N) is 1. The standard InChI is InChI=1S/C42H72NO11P/c1-3-5-7-9-11-13-14-15-16-18-20-22-27-31-40(44)50-33-36(34-51-55(48,49)52-35-37(43)42(46)47)53-41(45)32-28-24-23-26-30-39-38(54-39)29-25-21-19-17-12-10-8-6-4-2/h12-14,17,21,23,25-26,36-39H,3-11,15-16,18-20,22,24,27-35,43H2,1-2H3,(H,46,47)(H,48,49)/b14-13-,17-12-,25-21-,26-23-/t36-,37+,38?,39?/m1/s1. The number of epoxide rings is 1. The Morgan fingerprint density at radius 1 is 0.655 bits per heavy atom. The maximum absolute atomic E-state index is 12.6. The molecule has 3 unspecified atom stereocenters. The molecule has 0 aromatic heterocycles. The van der Waals surface area contributed by atoms with E-state index in [9.17, 15) is 23.8 Å². The predicted molar refractivity (Wildman–Crippen MR) is 216 cm³/mol. The SMILES string of the molecule is CCCCC/C=C\C/C=C\CC1OC1C/C=C\CCCC(=O)O[C@H](COC(=O)CCCCCCC/C=C\CCCCCC)COP(=O)(O)OC[C@H](N)C(=O)O. The molecule has 13 heteroatoms. The number of esters is 2. The van der Waals surface area contributed by atoms with Crippen LogP contribution in [0, 0.1) is 0 Å². The van der Waals surface area contributed by atoms with Gasteiger partial charge in [-0.1, -0.05) is 114 Å². The third-order valence-electron chi connectivity index (χ3n) is 8.95. The summed E-state index contributed by atoms with van der Waals surface area (Å²) in [5.41, 5.74) is 5.32. The van der Waals surface area contributed by atoms with E-state index in [1.807, 2.05) is 6.08 Å². The normalized spacial score (nSPS) is 18.0. The first-order chi connectivity index (χ1) is 26.6. The highest BCUT2D eigenvalue weighted by Gasteiger charge is 2.36. The Bertz CT molecular complexity index is 1190. The maximum atomic E-state index is 12.6. The molecule has 1 rings (SSSR count). The van der Waals surface area contributed by atoms with Crippen molar-refractivity contribution < 1.29 is 52.2 Å². The number of carbonyl (C=O) groups is 3. The van der Waals surface area contributed by atoms with Crippen LogP contribution in [0.1, 0.15) is 155 Å². The molecule has 0 bridgehead atoms. The largest absolute Gasteiger partial charge is 0.480 e. The summed E-state index contributed by atoms with van der Waals surface area (Å²) in [6.45, 7) is 2.66. The Kier molecular flexibility index (Phi) is 30.7. The van der Waals surface area contributed by atoms with Crippen molar-refractivity contribution in [2.45, 2.75) is 179 Å². The summed E-state index contributed by atoms with van der Waals surface area (Å²) in [5.74, 6) is -2.48. The van der Waals surface area contributed by atoms with E-state index in [0.717, 1.165) is 64.2 Å². The lowest BCUT2D eigenvalue weighted by molar-refractivity contribution is -0.161. The predicted octanol–water partition coefficient (Wildman–Crippen LogP) is 9.60. The molecule has 1 aliphatic rings. The van der Waals surface area contributed by atoms with E-state index in [1.165, 1.54) is 44.9 Å². The number of carboxylic acid groups (broad SMARTS) is 1. The molecule has 5 atom stereocenters. The van der Waals surface area contributed by atoms with Crippen LogP contribution in [0.3, 0.4) is 0 Å². The van der Waals surface area contributed by atoms with E-state index in [-0.39, 0.29) is 31.7 Å². The van der Waals surface area contributed by atoms with E-state index < -0.39 is 51.1 Å². The van der Waals surface area contributed by atoms with Gasteiger partial charge in [0, 0.05) is 12.8 Å². The maximum Gasteiger partial charge on any atom is 0.472 e. The molecule has 1 saturated heterocycles. The minimum Gasteiger partial charge on any atom is -0.480 e. The monoisotopic (exact) mass is 797 g/mol. The molecule has 1 heterocycles. The van der Waals surface area contributed by atoms with E-state index in [2.05, 4.69) is 60.9 Å². The first kappa shape index (κ1) is 50.4.